The molecule has 2 aromatic rings. The van der Waals surface area contributed by atoms with Crippen molar-refractivity contribution < 1.29 is 17.9 Å². The molecule has 178 valence electrons. The highest BCUT2D eigenvalue weighted by molar-refractivity contribution is 7.92. The third-order valence-corrected chi connectivity index (χ3v) is 9.76. The number of hydrogen-bond acceptors (Lipinski definition) is 5. The zero-order valence-electron chi connectivity index (χ0n) is 19.6. The maximum Gasteiger partial charge on any atom is 0.236 e. The first kappa shape index (κ1) is 24.0. The van der Waals surface area contributed by atoms with E-state index < -0.39 is 20.0 Å². The fourth-order valence-electron chi connectivity index (χ4n) is 4.78. The van der Waals surface area contributed by atoms with E-state index in [9.17, 15) is 13.2 Å². The van der Waals surface area contributed by atoms with E-state index in [0.717, 1.165) is 0 Å². The van der Waals surface area contributed by atoms with Gasteiger partial charge in [0.1, 0.15) is 17.1 Å². The Morgan fingerprint density at radius 3 is 2.30 bits per heavy atom. The minimum Gasteiger partial charge on any atom is -0.490 e. The summed E-state index contributed by atoms with van der Waals surface area (Å²) in [6, 6.07) is 11.9. The summed E-state index contributed by atoms with van der Waals surface area (Å²) in [5.41, 5.74) is 0.715. The highest BCUT2D eigenvalue weighted by Gasteiger charge is 2.48. The molecule has 4 rings (SSSR count). The van der Waals surface area contributed by atoms with Crippen molar-refractivity contribution in [2.45, 2.75) is 43.3 Å². The van der Waals surface area contributed by atoms with Crippen LogP contribution in [0.4, 0.5) is 5.69 Å². The zero-order valence-corrected chi connectivity index (χ0v) is 21.2. The molecule has 0 radical (unpaired) electrons. The second-order valence-electron chi connectivity index (χ2n) is 9.66. The number of anilines is 1. The summed E-state index contributed by atoms with van der Waals surface area (Å²) < 4.78 is 33.2. The Morgan fingerprint density at radius 1 is 1.06 bits per heavy atom. The molecule has 2 aliphatic rings. The first-order chi connectivity index (χ1) is 15.5. The summed E-state index contributed by atoms with van der Waals surface area (Å²) in [5, 5.41) is 0.497. The van der Waals surface area contributed by atoms with E-state index in [1.807, 2.05) is 46.0 Å². The molecular weight excluding hydrogens is 460 g/mol. The largest absolute Gasteiger partial charge is 0.490 e. The predicted molar refractivity (Wildman–Crippen MR) is 131 cm³/mol. The average molecular weight is 491 g/mol. The lowest BCUT2D eigenvalue weighted by molar-refractivity contribution is -0.127. The summed E-state index contributed by atoms with van der Waals surface area (Å²) in [7, 11) is -1.72. The number of fused-ring (bicyclic) bond motifs is 1. The first-order valence-electron chi connectivity index (χ1n) is 11.3. The number of rotatable bonds is 4. The van der Waals surface area contributed by atoms with Crippen LogP contribution in [0.1, 0.15) is 39.2 Å². The van der Waals surface area contributed by atoms with Gasteiger partial charge in [-0.2, -0.15) is 0 Å². The summed E-state index contributed by atoms with van der Waals surface area (Å²) in [6.07, 6.45) is 0.935. The highest BCUT2D eigenvalue weighted by Crippen LogP contribution is 2.47. The molecule has 0 saturated carbocycles. The van der Waals surface area contributed by atoms with Gasteiger partial charge in [-0.1, -0.05) is 17.7 Å². The number of likely N-dealkylation sites (tertiary alicyclic amines) is 1. The molecule has 1 amide bonds. The lowest BCUT2D eigenvalue weighted by Crippen LogP contribution is -2.46. The van der Waals surface area contributed by atoms with Crippen molar-refractivity contribution in [1.82, 2.24) is 4.90 Å². The van der Waals surface area contributed by atoms with Crippen molar-refractivity contribution in [3.05, 3.63) is 53.1 Å². The number of sulfone groups is 1. The molecule has 0 atom stereocenters. The van der Waals surface area contributed by atoms with Gasteiger partial charge in [-0.25, -0.2) is 8.42 Å². The smallest absolute Gasteiger partial charge is 0.236 e. The number of halogens is 1. The Morgan fingerprint density at radius 2 is 1.70 bits per heavy atom. The van der Waals surface area contributed by atoms with Crippen molar-refractivity contribution in [2.75, 3.05) is 38.2 Å². The summed E-state index contributed by atoms with van der Waals surface area (Å²) >= 11 is 6.03. The van der Waals surface area contributed by atoms with Crippen LogP contribution in [0.5, 0.6) is 5.75 Å². The first-order valence-corrected chi connectivity index (χ1v) is 13.2. The molecular formula is C25H31ClN2O4S. The molecule has 0 unspecified atom stereocenters. The van der Waals surface area contributed by atoms with Crippen molar-refractivity contribution in [2.24, 2.45) is 5.41 Å². The number of amides is 1. The molecule has 8 heteroatoms. The third kappa shape index (κ3) is 4.04. The SMILES string of the molecule is CCN1C(=O)C(C)(C)COc2cc(C3(S(=O)(=O)c4ccc(Cl)cc4)CCN(C)CC3)ccc21. The van der Waals surface area contributed by atoms with Crippen LogP contribution in [0.25, 0.3) is 0 Å². The molecule has 0 spiro atoms. The van der Waals surface area contributed by atoms with Crippen LogP contribution in [0.3, 0.4) is 0 Å². The van der Waals surface area contributed by atoms with Gasteiger partial charge < -0.3 is 14.5 Å². The van der Waals surface area contributed by atoms with Crippen LogP contribution >= 0.6 is 11.6 Å². The van der Waals surface area contributed by atoms with Crippen LogP contribution in [0.2, 0.25) is 5.02 Å². The Kier molecular flexibility index (Phi) is 6.27. The van der Waals surface area contributed by atoms with E-state index >= 15 is 0 Å². The third-order valence-electron chi connectivity index (χ3n) is 6.94. The van der Waals surface area contributed by atoms with Crippen LogP contribution in [-0.2, 0) is 19.4 Å². The molecule has 1 fully saturated rings. The van der Waals surface area contributed by atoms with Crippen molar-refractivity contribution in [1.29, 1.82) is 0 Å². The summed E-state index contributed by atoms with van der Waals surface area (Å²) in [5.74, 6) is 0.553. The lowest BCUT2D eigenvalue weighted by atomic mass is 9.88. The quantitative estimate of drug-likeness (QED) is 0.631. The van der Waals surface area contributed by atoms with Gasteiger partial charge in [0.2, 0.25) is 5.91 Å². The molecule has 2 aromatic carbocycles. The highest BCUT2D eigenvalue weighted by atomic mass is 35.5. The van der Waals surface area contributed by atoms with Crippen molar-refractivity contribution in [3.8, 4) is 5.75 Å². The van der Waals surface area contributed by atoms with Crippen LogP contribution < -0.4 is 9.64 Å². The molecule has 0 aromatic heterocycles. The molecule has 0 N–H and O–H groups in total. The molecule has 1 saturated heterocycles. The van der Waals surface area contributed by atoms with E-state index in [2.05, 4.69) is 4.90 Å². The molecule has 0 bridgehead atoms. The lowest BCUT2D eigenvalue weighted by Gasteiger charge is -2.40. The van der Waals surface area contributed by atoms with Crippen molar-refractivity contribution in [3.63, 3.8) is 0 Å². The number of carbonyl (C=O) groups is 1. The number of hydrogen-bond donors (Lipinski definition) is 0. The minimum absolute atomic E-state index is 0.000657. The zero-order chi connectivity index (χ0) is 24.0. The average Bonchev–Trinajstić information content (AvgIpc) is 2.88. The van der Waals surface area contributed by atoms with E-state index in [-0.39, 0.29) is 17.4 Å². The minimum atomic E-state index is -3.73. The molecule has 2 aliphatic heterocycles. The molecule has 0 aliphatic carbocycles. The Labute approximate surface area is 201 Å². The van der Waals surface area contributed by atoms with Crippen molar-refractivity contribution >= 4 is 33.0 Å². The topological polar surface area (TPSA) is 66.9 Å². The van der Waals surface area contributed by atoms with Gasteiger partial charge in [-0.15, -0.1) is 0 Å². The number of ether oxygens (including phenoxy) is 1. The molecule has 2 heterocycles. The van der Waals surface area contributed by atoms with Gasteiger partial charge >= 0.3 is 0 Å². The van der Waals surface area contributed by atoms with Gasteiger partial charge in [0.05, 0.1) is 16.0 Å². The van der Waals surface area contributed by atoms with Crippen LogP contribution in [0, 0.1) is 5.41 Å². The number of piperidine rings is 1. The summed E-state index contributed by atoms with van der Waals surface area (Å²) in [6.45, 7) is 7.74. The predicted octanol–water partition coefficient (Wildman–Crippen LogP) is 4.51. The Bertz CT molecular complexity index is 1150. The van der Waals surface area contributed by atoms with E-state index in [0.29, 0.717) is 54.5 Å². The molecule has 33 heavy (non-hydrogen) atoms. The number of nitrogens with zero attached hydrogens (tertiary/aromatic N) is 2. The number of benzene rings is 2. The van der Waals surface area contributed by atoms with Crippen LogP contribution in [0.15, 0.2) is 47.4 Å². The number of carbonyl (C=O) groups excluding carboxylic acids is 1. The second kappa shape index (κ2) is 8.60. The van der Waals surface area contributed by atoms with Gasteiger partial charge in [0.15, 0.2) is 9.84 Å². The Balaban J connectivity index is 1.86. The second-order valence-corrected chi connectivity index (χ2v) is 12.4. The Hall–Kier alpha value is -2.09. The summed E-state index contributed by atoms with van der Waals surface area (Å²) in [4.78, 5) is 17.2. The fraction of sp³-hybridized carbons (Fsp3) is 0.480. The maximum atomic E-state index is 14.1. The van der Waals surface area contributed by atoms with E-state index in [1.54, 1.807) is 29.2 Å². The van der Waals surface area contributed by atoms with Gasteiger partial charge in [-0.3, -0.25) is 4.79 Å². The fourth-order valence-corrected chi connectivity index (χ4v) is 7.01. The van der Waals surface area contributed by atoms with E-state index in [4.69, 9.17) is 16.3 Å². The molecule has 6 nitrogen and oxygen atoms in total. The monoisotopic (exact) mass is 490 g/mol. The normalized spacial score (nSPS) is 20.6. The van der Waals surface area contributed by atoms with Gasteiger partial charge in [0.25, 0.3) is 0 Å². The maximum absolute atomic E-state index is 14.1. The van der Waals surface area contributed by atoms with Gasteiger partial charge in [0, 0.05) is 11.6 Å². The van der Waals surface area contributed by atoms with E-state index in [1.165, 1.54) is 0 Å². The van der Waals surface area contributed by atoms with Gasteiger partial charge in [-0.05, 0) is 95.7 Å². The van der Waals surface area contributed by atoms with Crippen LogP contribution in [-0.4, -0.2) is 52.5 Å². The standard InChI is InChI=1S/C25H31ClN2O4S/c1-5-28-21-11-6-18(16-22(21)32-17-24(2,3)23(28)29)25(12-14-27(4)15-13-25)33(30,31)20-9-7-19(26)8-10-20/h6-11,16H,5,12-15,17H2,1-4H3.